The van der Waals surface area contributed by atoms with Gasteiger partial charge in [-0.25, -0.2) is 0 Å². The number of fused-ring (bicyclic) bond motifs is 2. The topological polar surface area (TPSA) is 75.4 Å². The molecule has 2 bridgehead atoms. The van der Waals surface area contributed by atoms with E-state index in [1.165, 1.54) is 24.8 Å². The second kappa shape index (κ2) is 12.0. The number of likely N-dealkylation sites (N-methyl/N-ethyl adjacent to an activating group) is 1. The second-order valence-electron chi connectivity index (χ2n) is 10.9. The Morgan fingerprint density at radius 2 is 1.39 bits per heavy atom. The van der Waals surface area contributed by atoms with E-state index in [4.69, 9.17) is 5.73 Å². The number of rotatable bonds is 10. The molecule has 0 aromatic heterocycles. The Balaban J connectivity index is 1.39. The minimum atomic E-state index is -0.724. The van der Waals surface area contributed by atoms with Gasteiger partial charge in [-0.1, -0.05) is 91.0 Å². The zero-order valence-corrected chi connectivity index (χ0v) is 22.2. The summed E-state index contributed by atoms with van der Waals surface area (Å²) >= 11 is 0. The van der Waals surface area contributed by atoms with Crippen molar-refractivity contribution in [1.82, 2.24) is 10.2 Å². The molecular formula is C33H39N3O2. The first-order valence-electron chi connectivity index (χ1n) is 14.0. The number of carbonyl (C=O) groups excluding carboxylic acids is 2. The zero-order chi connectivity index (χ0) is 26.5. The van der Waals surface area contributed by atoms with Crippen molar-refractivity contribution in [1.29, 1.82) is 0 Å². The minimum absolute atomic E-state index is 0.00454. The highest BCUT2D eigenvalue weighted by Crippen LogP contribution is 2.55. The number of hydrogen-bond acceptors (Lipinski definition) is 3. The fraction of sp³-hybridized carbons (Fsp3) is 0.394. The monoisotopic (exact) mass is 509 g/mol. The third kappa shape index (κ3) is 5.68. The first kappa shape index (κ1) is 26.2. The van der Waals surface area contributed by atoms with Crippen molar-refractivity contribution < 1.29 is 9.59 Å². The van der Waals surface area contributed by atoms with Crippen LogP contribution in [0.2, 0.25) is 0 Å². The van der Waals surface area contributed by atoms with E-state index in [2.05, 4.69) is 47.5 Å². The fourth-order valence-corrected chi connectivity index (χ4v) is 6.86. The minimum Gasteiger partial charge on any atom is -0.343 e. The van der Waals surface area contributed by atoms with Crippen molar-refractivity contribution in [2.45, 2.75) is 63.1 Å². The van der Waals surface area contributed by atoms with E-state index in [9.17, 15) is 9.59 Å². The van der Waals surface area contributed by atoms with Crippen LogP contribution in [0.25, 0.3) is 0 Å². The summed E-state index contributed by atoms with van der Waals surface area (Å²) < 4.78 is 0. The third-order valence-electron chi connectivity index (χ3n) is 8.57. The Bertz CT molecular complexity index is 1200. The lowest BCUT2D eigenvalue weighted by atomic mass is 9.78. The van der Waals surface area contributed by atoms with Gasteiger partial charge in [0.2, 0.25) is 11.8 Å². The van der Waals surface area contributed by atoms with Crippen LogP contribution < -0.4 is 11.1 Å². The van der Waals surface area contributed by atoms with Gasteiger partial charge in [-0.15, -0.1) is 0 Å². The number of benzene rings is 3. The first-order valence-corrected chi connectivity index (χ1v) is 14.0. The zero-order valence-electron chi connectivity index (χ0n) is 22.2. The molecule has 0 heterocycles. The largest absolute Gasteiger partial charge is 0.343 e. The Labute approximate surface area is 226 Å². The highest BCUT2D eigenvalue weighted by Gasteiger charge is 2.51. The van der Waals surface area contributed by atoms with Crippen LogP contribution in [0.15, 0.2) is 91.0 Å². The molecule has 0 spiro atoms. The first-order chi connectivity index (χ1) is 18.5. The summed E-state index contributed by atoms with van der Waals surface area (Å²) in [6.07, 6.45) is 4.44. The Hall–Kier alpha value is -3.44. The predicted molar refractivity (Wildman–Crippen MR) is 151 cm³/mol. The third-order valence-corrected chi connectivity index (χ3v) is 8.57. The number of amides is 2. The molecule has 0 aliphatic heterocycles. The van der Waals surface area contributed by atoms with E-state index in [1.807, 2.05) is 60.7 Å². The molecule has 3 N–H and O–H groups in total. The Morgan fingerprint density at radius 1 is 0.842 bits per heavy atom. The number of hydrogen-bond donors (Lipinski definition) is 2. The van der Waals surface area contributed by atoms with Crippen molar-refractivity contribution in [3.63, 3.8) is 0 Å². The van der Waals surface area contributed by atoms with Crippen LogP contribution in [0.1, 0.15) is 48.8 Å². The van der Waals surface area contributed by atoms with Gasteiger partial charge in [-0.05, 0) is 61.1 Å². The van der Waals surface area contributed by atoms with Gasteiger partial charge >= 0.3 is 0 Å². The normalized spacial score (nSPS) is 23.5. The van der Waals surface area contributed by atoms with Gasteiger partial charge in [0.25, 0.3) is 0 Å². The van der Waals surface area contributed by atoms with Crippen LogP contribution in [0.4, 0.5) is 0 Å². The van der Waals surface area contributed by atoms with Crippen LogP contribution in [-0.2, 0) is 22.4 Å². The summed E-state index contributed by atoms with van der Waals surface area (Å²) in [5.41, 5.74) is 9.68. The summed E-state index contributed by atoms with van der Waals surface area (Å²) in [6, 6.07) is 29.1. The van der Waals surface area contributed by atoms with Crippen LogP contribution in [0, 0.1) is 11.8 Å². The summed E-state index contributed by atoms with van der Waals surface area (Å²) in [5, 5.41) is 3.07. The standard InChI is InChI=1S/C33H39N3O2/c1-2-36(31-27-19-18-26(22-27)30(31)25-16-10-5-11-17-25)33(38)29(21-24-14-8-4-9-15-24)35-32(37)28(34)20-23-12-6-3-7-13-23/h3-17,26-31H,2,18-22,34H2,1H3,(H,35,37)/t26?,27?,28-,29-,30?,31?/m0/s1. The van der Waals surface area contributed by atoms with Crippen LogP contribution in [0.3, 0.4) is 0 Å². The maximum absolute atomic E-state index is 14.3. The second-order valence-corrected chi connectivity index (χ2v) is 10.9. The molecule has 2 fully saturated rings. The highest BCUT2D eigenvalue weighted by atomic mass is 16.2. The van der Waals surface area contributed by atoms with Crippen molar-refractivity contribution in [3.8, 4) is 0 Å². The van der Waals surface area contributed by atoms with Gasteiger partial charge in [0.05, 0.1) is 6.04 Å². The van der Waals surface area contributed by atoms with E-state index in [1.54, 1.807) is 0 Å². The van der Waals surface area contributed by atoms with Gasteiger partial charge < -0.3 is 16.0 Å². The van der Waals surface area contributed by atoms with Crippen molar-refractivity contribution in [3.05, 3.63) is 108 Å². The smallest absolute Gasteiger partial charge is 0.245 e. The number of nitrogens with zero attached hydrogens (tertiary/aromatic N) is 1. The lowest BCUT2D eigenvalue weighted by Gasteiger charge is -2.41. The quantitative estimate of drug-likeness (QED) is 0.416. The molecule has 6 atom stereocenters. The molecule has 5 heteroatoms. The molecule has 2 aliphatic carbocycles. The lowest BCUT2D eigenvalue weighted by molar-refractivity contribution is -0.139. The fourth-order valence-electron chi connectivity index (χ4n) is 6.86. The summed E-state index contributed by atoms with van der Waals surface area (Å²) in [5.74, 6) is 1.16. The molecule has 4 unspecified atom stereocenters. The molecule has 5 nitrogen and oxygen atoms in total. The van der Waals surface area contributed by atoms with Gasteiger partial charge in [0.15, 0.2) is 0 Å². The molecule has 38 heavy (non-hydrogen) atoms. The lowest BCUT2D eigenvalue weighted by Crippen LogP contribution is -2.57. The van der Waals surface area contributed by atoms with Gasteiger partial charge in [-0.2, -0.15) is 0 Å². The molecule has 2 saturated carbocycles. The highest BCUT2D eigenvalue weighted by molar-refractivity contribution is 5.90. The average Bonchev–Trinajstić information content (AvgIpc) is 3.57. The van der Waals surface area contributed by atoms with Gasteiger partial charge in [-0.3, -0.25) is 9.59 Å². The van der Waals surface area contributed by atoms with Crippen molar-refractivity contribution >= 4 is 11.8 Å². The van der Waals surface area contributed by atoms with E-state index < -0.39 is 12.1 Å². The molecular weight excluding hydrogens is 470 g/mol. The predicted octanol–water partition coefficient (Wildman–Crippen LogP) is 4.71. The maximum atomic E-state index is 14.3. The number of carbonyl (C=O) groups is 2. The average molecular weight is 510 g/mol. The number of nitrogens with one attached hydrogen (secondary N) is 1. The van der Waals surface area contributed by atoms with Crippen LogP contribution in [-0.4, -0.2) is 41.4 Å². The van der Waals surface area contributed by atoms with Crippen molar-refractivity contribution in [2.24, 2.45) is 17.6 Å². The molecule has 0 saturated heterocycles. The Kier molecular flexibility index (Phi) is 8.23. The summed E-state index contributed by atoms with van der Waals surface area (Å²) in [7, 11) is 0. The van der Waals surface area contributed by atoms with E-state index in [0.29, 0.717) is 37.1 Å². The van der Waals surface area contributed by atoms with E-state index in [-0.39, 0.29) is 17.9 Å². The molecule has 0 radical (unpaired) electrons. The van der Waals surface area contributed by atoms with Gasteiger partial charge in [0, 0.05) is 24.9 Å². The molecule has 2 aliphatic rings. The summed E-state index contributed by atoms with van der Waals surface area (Å²) in [4.78, 5) is 29.7. The van der Waals surface area contributed by atoms with E-state index >= 15 is 0 Å². The molecule has 198 valence electrons. The molecule has 3 aromatic carbocycles. The maximum Gasteiger partial charge on any atom is 0.245 e. The Morgan fingerprint density at radius 3 is 2.00 bits per heavy atom. The SMILES string of the molecule is CCN(C(=O)[C@H](Cc1ccccc1)NC(=O)[C@@H](N)Cc1ccccc1)C1C2CCC(C2)C1c1ccccc1. The van der Waals surface area contributed by atoms with E-state index in [0.717, 1.165) is 11.1 Å². The van der Waals surface area contributed by atoms with Crippen LogP contribution >= 0.6 is 0 Å². The number of nitrogens with two attached hydrogens (primary N) is 1. The summed E-state index contributed by atoms with van der Waals surface area (Å²) in [6.45, 7) is 2.68. The molecule has 2 amide bonds. The van der Waals surface area contributed by atoms with Crippen LogP contribution in [0.5, 0.6) is 0 Å². The molecule has 3 aromatic rings. The van der Waals surface area contributed by atoms with Gasteiger partial charge in [0.1, 0.15) is 6.04 Å². The van der Waals surface area contributed by atoms with Crippen molar-refractivity contribution in [2.75, 3.05) is 6.54 Å². The molecule has 5 rings (SSSR count).